The van der Waals surface area contributed by atoms with E-state index in [1.807, 2.05) is 0 Å². The second kappa shape index (κ2) is 5.60. The molecule has 0 N–H and O–H groups in total. The summed E-state index contributed by atoms with van der Waals surface area (Å²) in [6.45, 7) is 1.72. The fraction of sp³-hybridized carbons (Fsp3) is 0.455. The van der Waals surface area contributed by atoms with Gasteiger partial charge in [0.15, 0.2) is 9.84 Å². The summed E-state index contributed by atoms with van der Waals surface area (Å²) >= 11 is 0. The average Bonchev–Trinajstić information content (AvgIpc) is 2.13. The lowest BCUT2D eigenvalue weighted by atomic mass is 10.2. The third-order valence-corrected chi connectivity index (χ3v) is 3.84. The Kier molecular flexibility index (Phi) is 4.61. The molecule has 1 aromatic rings. The van der Waals surface area contributed by atoms with Gasteiger partial charge in [-0.1, -0.05) is 19.1 Å². The van der Waals surface area contributed by atoms with Crippen molar-refractivity contribution in [2.45, 2.75) is 25.5 Å². The Morgan fingerprint density at radius 3 is 2.50 bits per heavy atom. The van der Waals surface area contributed by atoms with Crippen LogP contribution < -0.4 is 4.74 Å². The zero-order valence-electron chi connectivity index (χ0n) is 9.70. The Balaban J connectivity index is 2.83. The molecular formula is C11H13F3O3S. The van der Waals surface area contributed by atoms with Crippen LogP contribution in [0.2, 0.25) is 0 Å². The second-order valence-corrected chi connectivity index (χ2v) is 5.97. The minimum Gasteiger partial charge on any atom is -0.406 e. The molecule has 0 unspecified atom stereocenters. The Morgan fingerprint density at radius 2 is 1.94 bits per heavy atom. The molecule has 0 atom stereocenters. The maximum absolute atomic E-state index is 12.0. The molecule has 0 aromatic heterocycles. The SMILES string of the molecule is CCCS(=O)(=O)Cc1cccc(OC(F)(F)F)c1. The molecule has 0 amide bonds. The zero-order valence-corrected chi connectivity index (χ0v) is 10.5. The van der Waals surface area contributed by atoms with E-state index in [0.717, 1.165) is 12.1 Å². The van der Waals surface area contributed by atoms with Gasteiger partial charge in [0, 0.05) is 0 Å². The molecule has 0 saturated carbocycles. The monoisotopic (exact) mass is 282 g/mol. The number of sulfone groups is 1. The zero-order chi connectivity index (χ0) is 13.8. The maximum Gasteiger partial charge on any atom is 0.573 e. The first-order valence-electron chi connectivity index (χ1n) is 5.27. The molecule has 7 heteroatoms. The van der Waals surface area contributed by atoms with E-state index in [-0.39, 0.29) is 17.1 Å². The highest BCUT2D eigenvalue weighted by Gasteiger charge is 2.31. The minimum absolute atomic E-state index is 0.0113. The van der Waals surface area contributed by atoms with Crippen LogP contribution >= 0.6 is 0 Å². The van der Waals surface area contributed by atoms with Crippen molar-refractivity contribution >= 4 is 9.84 Å². The predicted molar refractivity (Wildman–Crippen MR) is 60.9 cm³/mol. The first-order valence-corrected chi connectivity index (χ1v) is 7.09. The van der Waals surface area contributed by atoms with Crippen molar-refractivity contribution in [3.8, 4) is 5.75 Å². The molecule has 0 bridgehead atoms. The largest absolute Gasteiger partial charge is 0.573 e. The molecule has 18 heavy (non-hydrogen) atoms. The predicted octanol–water partition coefficient (Wildman–Crippen LogP) is 2.91. The Labute approximate surface area is 103 Å². The smallest absolute Gasteiger partial charge is 0.406 e. The first kappa shape index (κ1) is 14.8. The van der Waals surface area contributed by atoms with Gasteiger partial charge in [-0.15, -0.1) is 13.2 Å². The quantitative estimate of drug-likeness (QED) is 0.834. The van der Waals surface area contributed by atoms with Crippen LogP contribution in [0.25, 0.3) is 0 Å². The van der Waals surface area contributed by atoms with Crippen LogP contribution in [0.15, 0.2) is 24.3 Å². The summed E-state index contributed by atoms with van der Waals surface area (Å²) in [7, 11) is -3.28. The number of rotatable bonds is 5. The van der Waals surface area contributed by atoms with Crippen molar-refractivity contribution in [3.05, 3.63) is 29.8 Å². The highest BCUT2D eigenvalue weighted by Crippen LogP contribution is 2.24. The van der Waals surface area contributed by atoms with Crippen LogP contribution in [-0.2, 0) is 15.6 Å². The van der Waals surface area contributed by atoms with Crippen LogP contribution in [0.1, 0.15) is 18.9 Å². The number of hydrogen-bond donors (Lipinski definition) is 0. The van der Waals surface area contributed by atoms with E-state index < -0.39 is 21.9 Å². The molecule has 0 aliphatic heterocycles. The third-order valence-electron chi connectivity index (χ3n) is 2.03. The standard InChI is InChI=1S/C11H13F3O3S/c1-2-6-18(15,16)8-9-4-3-5-10(7-9)17-11(12,13)14/h3-5,7H,2,6,8H2,1H3. The van der Waals surface area contributed by atoms with E-state index in [2.05, 4.69) is 4.74 Å². The Morgan fingerprint density at radius 1 is 1.28 bits per heavy atom. The molecule has 0 aliphatic rings. The molecule has 0 spiro atoms. The lowest BCUT2D eigenvalue weighted by Gasteiger charge is -2.10. The molecule has 0 radical (unpaired) electrons. The summed E-state index contributed by atoms with van der Waals surface area (Å²) in [4.78, 5) is 0. The normalized spacial score (nSPS) is 12.4. The first-order chi connectivity index (χ1) is 8.22. The molecule has 1 aromatic carbocycles. The lowest BCUT2D eigenvalue weighted by molar-refractivity contribution is -0.274. The van der Waals surface area contributed by atoms with Gasteiger partial charge in [-0.3, -0.25) is 0 Å². The van der Waals surface area contributed by atoms with Crippen molar-refractivity contribution in [1.82, 2.24) is 0 Å². The highest BCUT2D eigenvalue weighted by molar-refractivity contribution is 7.90. The van der Waals surface area contributed by atoms with Gasteiger partial charge < -0.3 is 4.74 Å². The molecule has 0 heterocycles. The van der Waals surface area contributed by atoms with E-state index >= 15 is 0 Å². The summed E-state index contributed by atoms with van der Waals surface area (Å²) in [5.74, 6) is -0.681. The Bertz CT molecular complexity index is 495. The minimum atomic E-state index is -4.78. The number of benzene rings is 1. The van der Waals surface area contributed by atoms with Gasteiger partial charge in [0.1, 0.15) is 5.75 Å². The number of halogens is 3. The number of ether oxygens (including phenoxy) is 1. The summed E-state index contributed by atoms with van der Waals surface area (Å²) in [6.07, 6.45) is -4.30. The van der Waals surface area contributed by atoms with Gasteiger partial charge in [0.05, 0.1) is 11.5 Å². The van der Waals surface area contributed by atoms with Crippen molar-refractivity contribution in [2.24, 2.45) is 0 Å². The molecule has 0 aliphatic carbocycles. The van der Waals surface area contributed by atoms with Crippen LogP contribution in [0.3, 0.4) is 0 Å². The van der Waals surface area contributed by atoms with Gasteiger partial charge in [0.2, 0.25) is 0 Å². The fourth-order valence-electron chi connectivity index (χ4n) is 1.47. The Hall–Kier alpha value is -1.24. The molecule has 0 saturated heterocycles. The maximum atomic E-state index is 12.0. The van der Waals surface area contributed by atoms with Gasteiger partial charge >= 0.3 is 6.36 Å². The fourth-order valence-corrected chi connectivity index (χ4v) is 2.92. The second-order valence-electron chi connectivity index (χ2n) is 3.79. The lowest BCUT2D eigenvalue weighted by Crippen LogP contribution is -2.17. The van der Waals surface area contributed by atoms with E-state index in [0.29, 0.717) is 6.42 Å². The molecular weight excluding hydrogens is 269 g/mol. The van der Waals surface area contributed by atoms with Crippen molar-refractivity contribution in [3.63, 3.8) is 0 Å². The molecule has 0 fully saturated rings. The van der Waals surface area contributed by atoms with Crippen LogP contribution in [0, 0.1) is 0 Å². The van der Waals surface area contributed by atoms with Crippen molar-refractivity contribution in [1.29, 1.82) is 0 Å². The molecule has 1 rings (SSSR count). The summed E-state index contributed by atoms with van der Waals surface area (Å²) in [6, 6.07) is 5.00. The van der Waals surface area contributed by atoms with Crippen LogP contribution in [0.4, 0.5) is 13.2 Å². The molecule has 102 valence electrons. The van der Waals surface area contributed by atoms with E-state index in [1.54, 1.807) is 6.92 Å². The number of alkyl halides is 3. The summed E-state index contributed by atoms with van der Waals surface area (Å²) in [5.41, 5.74) is 0.283. The molecule has 3 nitrogen and oxygen atoms in total. The highest BCUT2D eigenvalue weighted by atomic mass is 32.2. The van der Waals surface area contributed by atoms with Gasteiger partial charge in [0.25, 0.3) is 0 Å². The van der Waals surface area contributed by atoms with Gasteiger partial charge in [-0.25, -0.2) is 8.42 Å². The number of hydrogen-bond acceptors (Lipinski definition) is 3. The van der Waals surface area contributed by atoms with E-state index in [1.165, 1.54) is 12.1 Å². The van der Waals surface area contributed by atoms with Gasteiger partial charge in [-0.2, -0.15) is 0 Å². The van der Waals surface area contributed by atoms with E-state index in [4.69, 9.17) is 0 Å². The summed E-state index contributed by atoms with van der Waals surface area (Å²) in [5, 5.41) is 0. The van der Waals surface area contributed by atoms with E-state index in [9.17, 15) is 21.6 Å². The van der Waals surface area contributed by atoms with Crippen molar-refractivity contribution < 1.29 is 26.3 Å². The van der Waals surface area contributed by atoms with Crippen LogP contribution in [0.5, 0.6) is 5.75 Å². The summed E-state index contributed by atoms with van der Waals surface area (Å²) < 4.78 is 62.8. The van der Waals surface area contributed by atoms with Crippen molar-refractivity contribution in [2.75, 3.05) is 5.75 Å². The third kappa shape index (κ3) is 5.39. The van der Waals surface area contributed by atoms with Crippen LogP contribution in [-0.4, -0.2) is 20.5 Å². The average molecular weight is 282 g/mol. The topological polar surface area (TPSA) is 43.4 Å². The van der Waals surface area contributed by atoms with Gasteiger partial charge in [-0.05, 0) is 24.1 Å².